The number of alkyl halides is 1. The summed E-state index contributed by atoms with van der Waals surface area (Å²) >= 11 is 0. The van der Waals surface area contributed by atoms with Crippen LogP contribution in [0.15, 0.2) is 53.4 Å². The minimum atomic E-state index is -4.18. The molecule has 0 unspecified atom stereocenters. The first-order valence-electron chi connectivity index (χ1n) is 8.46. The molecule has 26 heavy (non-hydrogen) atoms. The summed E-state index contributed by atoms with van der Waals surface area (Å²) in [6.45, 7) is 1.29. The van der Waals surface area contributed by atoms with Crippen LogP contribution in [0.25, 0.3) is 0 Å². The summed E-state index contributed by atoms with van der Waals surface area (Å²) in [5.74, 6) is -0.854. The van der Waals surface area contributed by atoms with Gasteiger partial charge in [-0.15, -0.1) is 0 Å². The average molecular weight is 383 g/mol. The van der Waals surface area contributed by atoms with E-state index in [1.807, 2.05) is 4.90 Å². The van der Waals surface area contributed by atoms with Crippen LogP contribution in [0.3, 0.4) is 0 Å². The summed E-state index contributed by atoms with van der Waals surface area (Å²) in [5.41, 5.74) is 0.974. The van der Waals surface area contributed by atoms with Crippen molar-refractivity contribution in [2.45, 2.75) is 29.2 Å². The largest absolute Gasteiger partial charge is 0.303 e. The lowest BCUT2D eigenvalue weighted by Gasteiger charge is -2.35. The molecule has 1 aliphatic heterocycles. The smallest absolute Gasteiger partial charge is 0.217 e. The van der Waals surface area contributed by atoms with Gasteiger partial charge in [0.2, 0.25) is 14.8 Å². The van der Waals surface area contributed by atoms with Crippen LogP contribution in [0.1, 0.15) is 18.4 Å². The molecule has 0 spiro atoms. The Bertz CT molecular complexity index is 843. The van der Waals surface area contributed by atoms with Gasteiger partial charge < -0.3 is 4.90 Å². The quantitative estimate of drug-likeness (QED) is 0.738. The SMILES string of the molecule is O=S(=O)(c1ccc(F)cc1)C1(F)CCN(CCc2ccc(F)cc2)CC1. The van der Waals surface area contributed by atoms with Gasteiger partial charge in [0.05, 0.1) is 4.90 Å². The molecular formula is C19H20F3NO2S. The fourth-order valence-corrected chi connectivity index (χ4v) is 4.78. The van der Waals surface area contributed by atoms with Gasteiger partial charge in [0, 0.05) is 32.5 Å². The van der Waals surface area contributed by atoms with E-state index in [4.69, 9.17) is 0 Å². The second kappa shape index (κ2) is 7.40. The number of halogens is 3. The zero-order chi connectivity index (χ0) is 18.8. The Morgan fingerprint density at radius 3 is 1.92 bits per heavy atom. The van der Waals surface area contributed by atoms with Crippen LogP contribution in [0.5, 0.6) is 0 Å². The van der Waals surface area contributed by atoms with Crippen molar-refractivity contribution in [3.8, 4) is 0 Å². The number of hydrogen-bond donors (Lipinski definition) is 0. The first-order chi connectivity index (χ1) is 12.3. The molecule has 0 aliphatic carbocycles. The van der Waals surface area contributed by atoms with E-state index in [1.165, 1.54) is 12.1 Å². The van der Waals surface area contributed by atoms with Gasteiger partial charge in [-0.1, -0.05) is 12.1 Å². The molecule has 140 valence electrons. The molecule has 1 fully saturated rings. The van der Waals surface area contributed by atoms with E-state index >= 15 is 4.39 Å². The van der Waals surface area contributed by atoms with E-state index in [1.54, 1.807) is 12.1 Å². The average Bonchev–Trinajstić information content (AvgIpc) is 2.63. The minimum absolute atomic E-state index is 0.129. The van der Waals surface area contributed by atoms with E-state index in [9.17, 15) is 17.2 Å². The first-order valence-corrected chi connectivity index (χ1v) is 9.94. The summed E-state index contributed by atoms with van der Waals surface area (Å²) in [4.78, 5) is 1.81. The molecular weight excluding hydrogens is 363 g/mol. The molecule has 0 atom stereocenters. The van der Waals surface area contributed by atoms with Crippen LogP contribution in [0.4, 0.5) is 13.2 Å². The lowest BCUT2D eigenvalue weighted by Crippen LogP contribution is -2.46. The Labute approximate surface area is 151 Å². The lowest BCUT2D eigenvalue weighted by molar-refractivity contribution is 0.121. The van der Waals surface area contributed by atoms with Gasteiger partial charge in [0.15, 0.2) is 0 Å². The van der Waals surface area contributed by atoms with Crippen molar-refractivity contribution in [2.75, 3.05) is 19.6 Å². The maximum Gasteiger partial charge on any atom is 0.217 e. The summed E-state index contributed by atoms with van der Waals surface area (Å²) in [5, 5.41) is -2.34. The van der Waals surface area contributed by atoms with E-state index in [0.717, 1.165) is 29.8 Å². The Morgan fingerprint density at radius 1 is 0.885 bits per heavy atom. The van der Waals surface area contributed by atoms with Gasteiger partial charge in [0.1, 0.15) is 11.6 Å². The molecule has 0 aromatic heterocycles. The van der Waals surface area contributed by atoms with Gasteiger partial charge in [-0.05, 0) is 48.4 Å². The van der Waals surface area contributed by atoms with Crippen molar-refractivity contribution >= 4 is 9.84 Å². The molecule has 0 N–H and O–H groups in total. The molecule has 0 saturated carbocycles. The number of likely N-dealkylation sites (tertiary alicyclic amines) is 1. The maximum absolute atomic E-state index is 15.2. The topological polar surface area (TPSA) is 37.4 Å². The van der Waals surface area contributed by atoms with Crippen LogP contribution in [0, 0.1) is 11.6 Å². The molecule has 2 aromatic rings. The zero-order valence-electron chi connectivity index (χ0n) is 14.2. The number of benzene rings is 2. The van der Waals surface area contributed by atoms with Crippen molar-refractivity contribution in [3.63, 3.8) is 0 Å². The Hall–Kier alpha value is -1.86. The molecule has 1 saturated heterocycles. The first kappa shape index (κ1) is 18.9. The third-order valence-electron chi connectivity index (χ3n) is 4.84. The van der Waals surface area contributed by atoms with Gasteiger partial charge in [0.25, 0.3) is 0 Å². The third kappa shape index (κ3) is 3.94. The van der Waals surface area contributed by atoms with Gasteiger partial charge in [-0.2, -0.15) is 0 Å². The normalized spacial score (nSPS) is 18.0. The molecule has 3 nitrogen and oxygen atoms in total. The molecule has 1 aliphatic rings. The molecule has 2 aromatic carbocycles. The Morgan fingerprint density at radius 2 is 1.38 bits per heavy atom. The number of hydrogen-bond acceptors (Lipinski definition) is 3. The monoisotopic (exact) mass is 383 g/mol. The summed E-state index contributed by atoms with van der Waals surface area (Å²) < 4.78 is 66.2. The van der Waals surface area contributed by atoms with Gasteiger partial charge >= 0.3 is 0 Å². The lowest BCUT2D eigenvalue weighted by atomic mass is 10.1. The van der Waals surface area contributed by atoms with Crippen molar-refractivity contribution < 1.29 is 21.6 Å². The highest BCUT2D eigenvalue weighted by atomic mass is 32.2. The van der Waals surface area contributed by atoms with Crippen LogP contribution in [-0.2, 0) is 16.3 Å². The predicted octanol–water partition coefficient (Wildman–Crippen LogP) is 3.74. The fourth-order valence-electron chi connectivity index (χ4n) is 3.14. The highest BCUT2D eigenvalue weighted by Crippen LogP contribution is 2.36. The van der Waals surface area contributed by atoms with E-state index < -0.39 is 20.7 Å². The van der Waals surface area contributed by atoms with E-state index in [0.29, 0.717) is 26.1 Å². The van der Waals surface area contributed by atoms with Crippen LogP contribution in [0.2, 0.25) is 0 Å². The third-order valence-corrected chi connectivity index (χ3v) is 7.10. The van der Waals surface area contributed by atoms with E-state index in [-0.39, 0.29) is 23.6 Å². The summed E-state index contributed by atoms with van der Waals surface area (Å²) in [7, 11) is -4.18. The maximum atomic E-state index is 15.2. The molecule has 0 bridgehead atoms. The highest BCUT2D eigenvalue weighted by Gasteiger charge is 2.47. The Kier molecular flexibility index (Phi) is 5.39. The van der Waals surface area contributed by atoms with Crippen LogP contribution < -0.4 is 0 Å². The standard InChI is InChI=1S/C19H20F3NO2S/c20-16-3-1-15(2-4-16)9-12-23-13-10-19(22,11-14-23)26(24,25)18-7-5-17(21)6-8-18/h1-8H,9-14H2. The van der Waals surface area contributed by atoms with Crippen LogP contribution >= 0.6 is 0 Å². The molecule has 0 radical (unpaired) electrons. The van der Waals surface area contributed by atoms with Gasteiger partial charge in [-0.25, -0.2) is 21.6 Å². The summed E-state index contributed by atoms with van der Waals surface area (Å²) in [6.07, 6.45) is 0.427. The highest BCUT2D eigenvalue weighted by molar-refractivity contribution is 7.92. The molecule has 7 heteroatoms. The second-order valence-electron chi connectivity index (χ2n) is 6.56. The number of nitrogens with zero attached hydrogens (tertiary/aromatic N) is 1. The minimum Gasteiger partial charge on any atom is -0.303 e. The fraction of sp³-hybridized carbons (Fsp3) is 0.368. The van der Waals surface area contributed by atoms with Gasteiger partial charge in [-0.3, -0.25) is 0 Å². The van der Waals surface area contributed by atoms with Crippen molar-refractivity contribution in [3.05, 3.63) is 65.7 Å². The number of sulfone groups is 1. The van der Waals surface area contributed by atoms with Crippen molar-refractivity contribution in [2.24, 2.45) is 0 Å². The van der Waals surface area contributed by atoms with Crippen molar-refractivity contribution in [1.29, 1.82) is 0 Å². The van der Waals surface area contributed by atoms with Crippen molar-refractivity contribution in [1.82, 2.24) is 4.90 Å². The van der Waals surface area contributed by atoms with Crippen LogP contribution in [-0.4, -0.2) is 38.0 Å². The number of rotatable bonds is 5. The predicted molar refractivity (Wildman–Crippen MR) is 93.2 cm³/mol. The van der Waals surface area contributed by atoms with E-state index in [2.05, 4.69) is 0 Å². The number of piperidine rings is 1. The summed E-state index contributed by atoms with van der Waals surface area (Å²) in [6, 6.07) is 10.5. The second-order valence-corrected chi connectivity index (χ2v) is 8.77. The zero-order valence-corrected chi connectivity index (χ0v) is 15.0. The molecule has 0 amide bonds. The Balaban J connectivity index is 1.61. The molecule has 1 heterocycles. The molecule has 3 rings (SSSR count).